The van der Waals surface area contributed by atoms with Crippen LogP contribution in [0.15, 0.2) is 17.1 Å². The van der Waals surface area contributed by atoms with E-state index in [2.05, 4.69) is 35.1 Å². The van der Waals surface area contributed by atoms with Crippen molar-refractivity contribution >= 4 is 17.7 Å². The zero-order chi connectivity index (χ0) is 13.6. The van der Waals surface area contributed by atoms with Crippen LogP contribution in [0.1, 0.15) is 19.8 Å². The Labute approximate surface area is 115 Å². The average molecular weight is 270 g/mol. The van der Waals surface area contributed by atoms with Crippen LogP contribution in [0.5, 0.6) is 0 Å². The van der Waals surface area contributed by atoms with Gasteiger partial charge in [-0.1, -0.05) is 12.2 Å². The first-order valence-electron chi connectivity index (χ1n) is 6.39. The van der Waals surface area contributed by atoms with Crippen molar-refractivity contribution in [2.75, 3.05) is 39.5 Å². The van der Waals surface area contributed by atoms with E-state index in [1.54, 1.807) is 0 Å². The van der Waals surface area contributed by atoms with Crippen molar-refractivity contribution in [1.82, 2.24) is 10.2 Å². The summed E-state index contributed by atoms with van der Waals surface area (Å²) in [6.07, 6.45) is 4.54. The van der Waals surface area contributed by atoms with E-state index in [1.807, 2.05) is 18.7 Å². The average Bonchev–Trinajstić information content (AvgIpc) is 2.36. The largest absolute Gasteiger partial charge is 0.370 e. The van der Waals surface area contributed by atoms with E-state index in [-0.39, 0.29) is 4.75 Å². The first-order chi connectivity index (χ1) is 8.47. The van der Waals surface area contributed by atoms with E-state index in [1.165, 1.54) is 12.8 Å². The summed E-state index contributed by atoms with van der Waals surface area (Å²) in [7, 11) is 2.18. The maximum Gasteiger partial charge on any atom is 0.188 e. The van der Waals surface area contributed by atoms with Crippen LogP contribution in [-0.2, 0) is 0 Å². The lowest BCUT2D eigenvalue weighted by Crippen LogP contribution is -2.43. The van der Waals surface area contributed by atoms with Crippen LogP contribution in [0.25, 0.3) is 0 Å². The molecule has 3 N–H and O–H groups in total. The van der Waals surface area contributed by atoms with Crippen molar-refractivity contribution in [3.8, 4) is 0 Å². The molecule has 0 spiro atoms. The van der Waals surface area contributed by atoms with E-state index in [4.69, 9.17) is 5.73 Å². The smallest absolute Gasteiger partial charge is 0.188 e. The molecule has 1 fully saturated rings. The molecular formula is C13H26N4S. The number of nitrogens with two attached hydrogens (primary N) is 1. The number of nitrogens with zero attached hydrogens (tertiary/aromatic N) is 2. The standard InChI is InChI=1S/C13H26N4S/c1-11(2)9-15-12(14)16-10-13(18-4)5-7-17(3)8-6-13/h1,5-10H2,2-4H3,(H3,14,15,16). The Kier molecular flexibility index (Phi) is 6.02. The monoisotopic (exact) mass is 270 g/mol. The summed E-state index contributed by atoms with van der Waals surface area (Å²) in [6.45, 7) is 9.60. The number of aliphatic imine (C=N–C) groups is 1. The fourth-order valence-electron chi connectivity index (χ4n) is 1.98. The van der Waals surface area contributed by atoms with Crippen molar-refractivity contribution in [2.45, 2.75) is 24.5 Å². The fraction of sp³-hybridized carbons (Fsp3) is 0.769. The van der Waals surface area contributed by atoms with Gasteiger partial charge in [0, 0.05) is 11.3 Å². The summed E-state index contributed by atoms with van der Waals surface area (Å²) in [5.74, 6) is 0.533. The molecule has 0 atom stereocenters. The Hall–Kier alpha value is -0.680. The van der Waals surface area contributed by atoms with Crippen LogP contribution in [0, 0.1) is 0 Å². The van der Waals surface area contributed by atoms with Gasteiger partial charge in [-0.05, 0) is 46.2 Å². The SMILES string of the molecule is C=C(C)CNC(N)=NCC1(SC)CCN(C)CC1. The van der Waals surface area contributed by atoms with Gasteiger partial charge in [-0.15, -0.1) is 0 Å². The minimum atomic E-state index is 0.266. The minimum Gasteiger partial charge on any atom is -0.370 e. The Morgan fingerprint density at radius 3 is 2.61 bits per heavy atom. The van der Waals surface area contributed by atoms with Gasteiger partial charge in [0.25, 0.3) is 0 Å². The lowest BCUT2D eigenvalue weighted by atomic mass is 9.96. The van der Waals surface area contributed by atoms with Crippen molar-refractivity contribution in [3.63, 3.8) is 0 Å². The van der Waals surface area contributed by atoms with Gasteiger partial charge in [0.2, 0.25) is 0 Å². The maximum atomic E-state index is 5.86. The molecule has 1 aliphatic rings. The third kappa shape index (κ3) is 4.90. The number of piperidine rings is 1. The first kappa shape index (κ1) is 15.4. The number of nitrogens with one attached hydrogen (secondary N) is 1. The summed E-state index contributed by atoms with van der Waals surface area (Å²) < 4.78 is 0.266. The van der Waals surface area contributed by atoms with Crippen LogP contribution in [0.3, 0.4) is 0 Å². The highest BCUT2D eigenvalue weighted by atomic mass is 32.2. The van der Waals surface area contributed by atoms with Crippen LogP contribution in [-0.4, -0.2) is 55.1 Å². The second-order valence-corrected chi connectivity index (χ2v) is 6.48. The highest BCUT2D eigenvalue weighted by molar-refractivity contribution is 8.00. The Morgan fingerprint density at radius 2 is 2.11 bits per heavy atom. The normalized spacial score (nSPS) is 20.7. The van der Waals surface area contributed by atoms with Gasteiger partial charge in [-0.25, -0.2) is 0 Å². The zero-order valence-corrected chi connectivity index (χ0v) is 12.6. The van der Waals surface area contributed by atoms with Crippen LogP contribution in [0.4, 0.5) is 0 Å². The van der Waals surface area contributed by atoms with Crippen molar-refractivity contribution < 1.29 is 0 Å². The van der Waals surface area contributed by atoms with Gasteiger partial charge < -0.3 is 16.0 Å². The molecule has 0 aromatic heterocycles. The van der Waals surface area contributed by atoms with Gasteiger partial charge in [0.05, 0.1) is 6.54 Å². The lowest BCUT2D eigenvalue weighted by molar-refractivity contribution is 0.242. The summed E-state index contributed by atoms with van der Waals surface area (Å²) in [6, 6.07) is 0. The number of thioether (sulfide) groups is 1. The molecule has 0 aliphatic carbocycles. The molecule has 0 aromatic carbocycles. The lowest BCUT2D eigenvalue weighted by Gasteiger charge is -2.38. The number of rotatable bonds is 5. The van der Waals surface area contributed by atoms with Gasteiger partial charge in [-0.2, -0.15) is 11.8 Å². The van der Waals surface area contributed by atoms with E-state index < -0.39 is 0 Å². The number of hydrogen-bond donors (Lipinski definition) is 2. The van der Waals surface area contributed by atoms with Gasteiger partial charge >= 0.3 is 0 Å². The third-order valence-corrected chi connectivity index (χ3v) is 4.84. The van der Waals surface area contributed by atoms with Crippen molar-refractivity contribution in [3.05, 3.63) is 12.2 Å². The number of hydrogen-bond acceptors (Lipinski definition) is 3. The molecule has 0 amide bonds. The van der Waals surface area contributed by atoms with E-state index in [0.29, 0.717) is 12.5 Å². The Morgan fingerprint density at radius 1 is 1.50 bits per heavy atom. The summed E-state index contributed by atoms with van der Waals surface area (Å²) in [5, 5.41) is 3.08. The van der Waals surface area contributed by atoms with Crippen molar-refractivity contribution in [1.29, 1.82) is 0 Å². The minimum absolute atomic E-state index is 0.266. The number of likely N-dealkylation sites (tertiary alicyclic amines) is 1. The molecule has 0 saturated carbocycles. The summed E-state index contributed by atoms with van der Waals surface area (Å²) in [5.41, 5.74) is 6.92. The van der Waals surface area contributed by atoms with E-state index in [9.17, 15) is 0 Å². The molecular weight excluding hydrogens is 244 g/mol. The molecule has 4 nitrogen and oxygen atoms in total. The van der Waals surface area contributed by atoms with Gasteiger partial charge in [0.1, 0.15) is 0 Å². The molecule has 0 aromatic rings. The molecule has 1 aliphatic heterocycles. The highest BCUT2D eigenvalue weighted by Gasteiger charge is 2.32. The summed E-state index contributed by atoms with van der Waals surface area (Å²) >= 11 is 1.93. The van der Waals surface area contributed by atoms with Gasteiger partial charge in [0.15, 0.2) is 5.96 Å². The molecule has 0 bridgehead atoms. The van der Waals surface area contributed by atoms with Crippen LogP contribution in [0.2, 0.25) is 0 Å². The zero-order valence-electron chi connectivity index (χ0n) is 11.8. The predicted molar refractivity (Wildman–Crippen MR) is 82.3 cm³/mol. The topological polar surface area (TPSA) is 53.6 Å². The predicted octanol–water partition coefficient (Wildman–Crippen LogP) is 1.29. The molecule has 1 rings (SSSR count). The van der Waals surface area contributed by atoms with Crippen molar-refractivity contribution in [2.24, 2.45) is 10.7 Å². The molecule has 104 valence electrons. The molecule has 1 heterocycles. The number of guanidine groups is 1. The maximum absolute atomic E-state index is 5.86. The van der Waals surface area contributed by atoms with Crippen LogP contribution >= 0.6 is 11.8 Å². The first-order valence-corrected chi connectivity index (χ1v) is 7.62. The molecule has 0 unspecified atom stereocenters. The van der Waals surface area contributed by atoms with Crippen LogP contribution < -0.4 is 11.1 Å². The molecule has 0 radical (unpaired) electrons. The van der Waals surface area contributed by atoms with E-state index in [0.717, 1.165) is 25.2 Å². The Bertz CT molecular complexity index is 306. The molecule has 18 heavy (non-hydrogen) atoms. The molecule has 5 heteroatoms. The van der Waals surface area contributed by atoms with E-state index >= 15 is 0 Å². The third-order valence-electron chi connectivity index (χ3n) is 3.44. The highest BCUT2D eigenvalue weighted by Crippen LogP contribution is 2.34. The van der Waals surface area contributed by atoms with Gasteiger partial charge in [-0.3, -0.25) is 4.99 Å². The quantitative estimate of drug-likeness (QED) is 0.449. The summed E-state index contributed by atoms with van der Waals surface area (Å²) in [4.78, 5) is 6.87. The second-order valence-electron chi connectivity index (χ2n) is 5.20. The fourth-order valence-corrected chi connectivity index (χ4v) is 2.76. The molecule has 1 saturated heterocycles. The Balaban J connectivity index is 2.47. The second kappa shape index (κ2) is 7.04.